The van der Waals surface area contributed by atoms with Gasteiger partial charge in [0.25, 0.3) is 0 Å². The lowest BCUT2D eigenvalue weighted by Gasteiger charge is -2.31. The number of ether oxygens (including phenoxy) is 2. The van der Waals surface area contributed by atoms with Crippen LogP contribution in [0.1, 0.15) is 24.8 Å². The van der Waals surface area contributed by atoms with Crippen molar-refractivity contribution < 1.29 is 27.8 Å². The zero-order valence-corrected chi connectivity index (χ0v) is 25.0. The lowest BCUT2D eigenvalue weighted by molar-refractivity contribution is 0.0597. The zero-order chi connectivity index (χ0) is 30.7. The number of aliphatic hydroxyl groups is 1. The number of nitrogens with two attached hydrogens (primary N) is 1. The fourth-order valence-corrected chi connectivity index (χ4v) is 8.10. The van der Waals surface area contributed by atoms with Crippen LogP contribution in [0, 0.1) is 23.0 Å². The number of fused-ring (bicyclic) bond motifs is 3. The normalized spacial score (nSPS) is 24.1. The van der Waals surface area contributed by atoms with E-state index in [-0.39, 0.29) is 73.5 Å². The summed E-state index contributed by atoms with van der Waals surface area (Å²) in [6, 6.07) is 5.96. The average molecular weight is 645 g/mol. The molecule has 0 amide bonds. The fraction of sp³-hybridized carbons (Fsp3) is 0.433. The third-order valence-electron chi connectivity index (χ3n) is 8.82. The summed E-state index contributed by atoms with van der Waals surface area (Å²) in [7, 11) is 0. The minimum absolute atomic E-state index is 0.0119. The van der Waals surface area contributed by atoms with Gasteiger partial charge < -0.3 is 25.2 Å². The Balaban J connectivity index is 1.40. The molecule has 44 heavy (non-hydrogen) atoms. The van der Waals surface area contributed by atoms with Gasteiger partial charge in [-0.2, -0.15) is 15.2 Å². The lowest BCUT2D eigenvalue weighted by atomic mass is 9.95. The third-order valence-corrected chi connectivity index (χ3v) is 10.1. The van der Waals surface area contributed by atoms with Gasteiger partial charge in [0.2, 0.25) is 0 Å². The molecule has 5 heterocycles. The van der Waals surface area contributed by atoms with Crippen LogP contribution >= 0.6 is 22.9 Å². The molecule has 0 spiro atoms. The minimum atomic E-state index is -0.954. The molecule has 0 radical (unpaired) electrons. The molecule has 0 saturated carbocycles. The van der Waals surface area contributed by atoms with E-state index in [4.69, 9.17) is 26.8 Å². The molecule has 2 aromatic carbocycles. The van der Waals surface area contributed by atoms with Crippen LogP contribution in [0.4, 0.5) is 24.0 Å². The Morgan fingerprint density at radius 2 is 2.11 bits per heavy atom. The van der Waals surface area contributed by atoms with Crippen molar-refractivity contribution in [2.75, 3.05) is 56.6 Å². The number of hydrogen-bond acceptors (Lipinski definition) is 10. The molecule has 3 saturated heterocycles. The number of hydrogen-bond donors (Lipinski definition) is 2. The molecule has 3 atom stereocenters. The first kappa shape index (κ1) is 29.3. The smallest absolute Gasteiger partial charge is 0.319 e. The molecule has 0 bridgehead atoms. The summed E-state index contributed by atoms with van der Waals surface area (Å²) >= 11 is 7.66. The van der Waals surface area contributed by atoms with Gasteiger partial charge in [0.05, 0.1) is 40.1 Å². The number of halogens is 4. The van der Waals surface area contributed by atoms with E-state index < -0.39 is 29.4 Å². The van der Waals surface area contributed by atoms with Gasteiger partial charge in [-0.3, -0.25) is 4.90 Å². The first-order valence-corrected chi connectivity index (χ1v) is 15.5. The average Bonchev–Trinajstić information content (AvgIpc) is 3.57. The van der Waals surface area contributed by atoms with E-state index >= 15 is 4.39 Å². The molecular formula is C30H28ClF3N6O3S. The van der Waals surface area contributed by atoms with Gasteiger partial charge in [-0.05, 0) is 37.1 Å². The minimum Gasteiger partial charge on any atom is -0.461 e. The van der Waals surface area contributed by atoms with E-state index in [0.29, 0.717) is 31.9 Å². The Hall–Kier alpha value is -3.41. The van der Waals surface area contributed by atoms with E-state index in [1.807, 2.05) is 6.07 Å². The molecule has 4 aromatic rings. The van der Waals surface area contributed by atoms with Crippen LogP contribution in [0.3, 0.4) is 0 Å². The monoisotopic (exact) mass is 644 g/mol. The van der Waals surface area contributed by atoms with E-state index in [1.54, 1.807) is 4.90 Å². The maximum Gasteiger partial charge on any atom is 0.319 e. The molecule has 0 unspecified atom stereocenters. The van der Waals surface area contributed by atoms with Crippen LogP contribution in [-0.4, -0.2) is 83.8 Å². The number of benzene rings is 2. The largest absolute Gasteiger partial charge is 0.461 e. The summed E-state index contributed by atoms with van der Waals surface area (Å²) < 4.78 is 57.7. The maximum absolute atomic E-state index is 16.8. The number of nitrogen functional groups attached to an aromatic ring is 1. The number of nitriles is 1. The number of rotatable bonds is 5. The fourth-order valence-electron chi connectivity index (χ4n) is 6.85. The van der Waals surface area contributed by atoms with Crippen molar-refractivity contribution in [3.63, 3.8) is 0 Å². The molecule has 14 heteroatoms. The first-order chi connectivity index (χ1) is 21.2. The second kappa shape index (κ2) is 11.2. The van der Waals surface area contributed by atoms with Gasteiger partial charge in [-0.15, -0.1) is 11.3 Å². The van der Waals surface area contributed by atoms with Gasteiger partial charge in [0.1, 0.15) is 41.0 Å². The van der Waals surface area contributed by atoms with Crippen molar-refractivity contribution in [2.24, 2.45) is 0 Å². The lowest BCUT2D eigenvalue weighted by Crippen LogP contribution is -2.43. The van der Waals surface area contributed by atoms with Gasteiger partial charge in [-0.1, -0.05) is 17.7 Å². The van der Waals surface area contributed by atoms with Gasteiger partial charge in [-0.25, -0.2) is 13.2 Å². The van der Waals surface area contributed by atoms with Crippen LogP contribution < -0.4 is 15.4 Å². The third kappa shape index (κ3) is 4.80. The van der Waals surface area contributed by atoms with Crippen molar-refractivity contribution >= 4 is 54.7 Å². The zero-order valence-electron chi connectivity index (χ0n) is 23.5. The summed E-state index contributed by atoms with van der Waals surface area (Å²) in [5.41, 5.74) is 5.57. The van der Waals surface area contributed by atoms with Crippen LogP contribution in [0.5, 0.6) is 6.01 Å². The van der Waals surface area contributed by atoms with E-state index in [9.17, 15) is 19.1 Å². The predicted octanol–water partition coefficient (Wildman–Crippen LogP) is 5.05. The standard InChI is InChI=1S/C30H28ClF3N6O3S/c31-20-8-18-25(24(34)23(20)17-2-3-21(33)26-22(17)19(10-35)27(36)44-26)37-29(38-28(18)39-6-7-42-13-16(41)12-39)43-14-30-4-1-5-40(30)11-15(32)9-30/h2-3,8,15-16,41H,1,4-7,9,11-14,36H2/t15-,16+,30+/m1/s1. The molecule has 9 nitrogen and oxygen atoms in total. The van der Waals surface area contributed by atoms with Gasteiger partial charge >= 0.3 is 6.01 Å². The topological polar surface area (TPSA) is 121 Å². The Morgan fingerprint density at radius 1 is 1.27 bits per heavy atom. The number of anilines is 2. The maximum atomic E-state index is 16.8. The second-order valence-corrected chi connectivity index (χ2v) is 13.0. The number of alkyl halides is 1. The van der Waals surface area contributed by atoms with Crippen LogP contribution in [0.2, 0.25) is 5.02 Å². The Bertz CT molecular complexity index is 1840. The van der Waals surface area contributed by atoms with E-state index in [2.05, 4.69) is 14.9 Å². The molecule has 2 aromatic heterocycles. The first-order valence-electron chi connectivity index (χ1n) is 14.3. The second-order valence-electron chi connectivity index (χ2n) is 11.6. The summed E-state index contributed by atoms with van der Waals surface area (Å²) in [4.78, 5) is 13.0. The Kier molecular flexibility index (Phi) is 7.45. The molecular weight excluding hydrogens is 617 g/mol. The summed E-state index contributed by atoms with van der Waals surface area (Å²) in [5, 5.41) is 20.8. The summed E-state index contributed by atoms with van der Waals surface area (Å²) in [5.74, 6) is -1.12. The molecule has 7 rings (SSSR count). The van der Waals surface area contributed by atoms with Crippen LogP contribution in [0.25, 0.3) is 32.1 Å². The predicted molar refractivity (Wildman–Crippen MR) is 162 cm³/mol. The van der Waals surface area contributed by atoms with Gasteiger partial charge in [0, 0.05) is 42.4 Å². The van der Waals surface area contributed by atoms with Crippen molar-refractivity contribution in [1.29, 1.82) is 5.26 Å². The summed E-state index contributed by atoms with van der Waals surface area (Å²) in [6.07, 6.45) is 0.251. The SMILES string of the molecule is N#Cc1c(N)sc2c(F)ccc(-c3c(Cl)cc4c(N5CCOC[C@@H](O)C5)nc(OC[C@@]56CCCN5C[C@H](F)C6)nc4c3F)c12. The van der Waals surface area contributed by atoms with Crippen molar-refractivity contribution in [2.45, 2.75) is 37.1 Å². The Labute approximate surface area is 259 Å². The number of nitrogens with zero attached hydrogens (tertiary/aromatic N) is 5. The van der Waals surface area contributed by atoms with Gasteiger partial charge in [0.15, 0.2) is 5.82 Å². The van der Waals surface area contributed by atoms with Crippen LogP contribution in [0.15, 0.2) is 18.2 Å². The van der Waals surface area contributed by atoms with Crippen LogP contribution in [-0.2, 0) is 4.74 Å². The van der Waals surface area contributed by atoms with Crippen molar-refractivity contribution in [1.82, 2.24) is 14.9 Å². The highest BCUT2D eigenvalue weighted by atomic mass is 35.5. The number of thiophene rings is 1. The number of β-amino-alcohol motifs (C(OH)–C–C–N with tert-alkyl or cyclic N) is 1. The summed E-state index contributed by atoms with van der Waals surface area (Å²) in [6.45, 7) is 2.20. The number of aromatic nitrogens is 2. The molecule has 3 fully saturated rings. The van der Waals surface area contributed by atoms with Crippen molar-refractivity contribution in [3.8, 4) is 23.2 Å². The van der Waals surface area contributed by atoms with E-state index in [0.717, 1.165) is 30.7 Å². The molecule has 3 aliphatic heterocycles. The molecule has 3 N–H and O–H groups in total. The quantitative estimate of drug-likeness (QED) is 0.308. The highest BCUT2D eigenvalue weighted by molar-refractivity contribution is 7.23. The van der Waals surface area contributed by atoms with Crippen molar-refractivity contribution in [3.05, 3.63) is 40.4 Å². The van der Waals surface area contributed by atoms with E-state index in [1.165, 1.54) is 18.2 Å². The highest BCUT2D eigenvalue weighted by Gasteiger charge is 2.49. The Morgan fingerprint density at radius 3 is 2.93 bits per heavy atom. The highest BCUT2D eigenvalue weighted by Crippen LogP contribution is 2.46. The molecule has 230 valence electrons. The molecule has 3 aliphatic rings. The molecule has 0 aliphatic carbocycles. The number of aliphatic hydroxyl groups excluding tert-OH is 1.